The number of methoxy groups -OCH3 is 1. The minimum absolute atomic E-state index is 0.384. The molecule has 0 spiro atoms. The Labute approximate surface area is 146 Å². The number of carbonyl (C=O) groups is 2. The first-order valence-corrected chi connectivity index (χ1v) is 8.70. The van der Waals surface area contributed by atoms with Crippen LogP contribution in [0.1, 0.15) is 41.5 Å². The Morgan fingerprint density at radius 1 is 0.957 bits per heavy atom. The van der Waals surface area contributed by atoms with Crippen molar-refractivity contribution < 1.29 is 28.5 Å². The zero-order valence-corrected chi connectivity index (χ0v) is 16.4. The number of ether oxygens (including phenoxy) is 4. The highest BCUT2D eigenvalue weighted by molar-refractivity contribution is 9.09. The molecule has 134 valence electrons. The molecule has 1 saturated heterocycles. The highest BCUT2D eigenvalue weighted by Gasteiger charge is 2.51. The quantitative estimate of drug-likeness (QED) is 0.539. The van der Waals surface area contributed by atoms with E-state index in [2.05, 4.69) is 15.9 Å². The summed E-state index contributed by atoms with van der Waals surface area (Å²) in [6.45, 7) is 10.6. The van der Waals surface area contributed by atoms with Crippen molar-refractivity contribution in [1.82, 2.24) is 0 Å². The van der Waals surface area contributed by atoms with E-state index in [1.807, 2.05) is 0 Å². The monoisotopic (exact) mass is 394 g/mol. The second kappa shape index (κ2) is 7.49. The Balaban J connectivity index is 2.99. The summed E-state index contributed by atoms with van der Waals surface area (Å²) >= 11 is 3.33. The van der Waals surface area contributed by atoms with Crippen LogP contribution in [0.5, 0.6) is 0 Å². The summed E-state index contributed by atoms with van der Waals surface area (Å²) in [5.41, 5.74) is -1.34. The molecule has 0 aromatic carbocycles. The maximum atomic E-state index is 12.2. The van der Waals surface area contributed by atoms with Gasteiger partial charge in [0, 0.05) is 12.4 Å². The van der Waals surface area contributed by atoms with Gasteiger partial charge < -0.3 is 18.9 Å². The van der Waals surface area contributed by atoms with Gasteiger partial charge >= 0.3 is 11.9 Å². The molecule has 4 atom stereocenters. The molecule has 0 saturated carbocycles. The van der Waals surface area contributed by atoms with Gasteiger partial charge in [-0.15, -0.1) is 0 Å². The highest BCUT2D eigenvalue weighted by atomic mass is 79.9. The summed E-state index contributed by atoms with van der Waals surface area (Å²) in [5.74, 6) is -0.786. The van der Waals surface area contributed by atoms with Crippen molar-refractivity contribution in [3.8, 4) is 0 Å². The summed E-state index contributed by atoms with van der Waals surface area (Å²) in [4.78, 5) is 24.5. The van der Waals surface area contributed by atoms with Gasteiger partial charge in [0.1, 0.15) is 6.10 Å². The topological polar surface area (TPSA) is 71.1 Å². The zero-order chi connectivity index (χ0) is 18.0. The van der Waals surface area contributed by atoms with Crippen molar-refractivity contribution in [3.63, 3.8) is 0 Å². The average molecular weight is 395 g/mol. The fraction of sp³-hybridized carbons (Fsp3) is 0.875. The van der Waals surface area contributed by atoms with Crippen LogP contribution < -0.4 is 0 Å². The summed E-state index contributed by atoms with van der Waals surface area (Å²) < 4.78 is 22.1. The van der Waals surface area contributed by atoms with Crippen molar-refractivity contribution >= 4 is 27.9 Å². The molecular formula is C16H27BrO6. The minimum Gasteiger partial charge on any atom is -0.455 e. The van der Waals surface area contributed by atoms with E-state index in [1.165, 1.54) is 7.11 Å². The van der Waals surface area contributed by atoms with E-state index in [0.29, 0.717) is 5.33 Å². The molecule has 6 nitrogen and oxygen atoms in total. The highest BCUT2D eigenvalue weighted by Crippen LogP contribution is 2.32. The number of alkyl halides is 1. The van der Waals surface area contributed by atoms with E-state index in [9.17, 15) is 9.59 Å². The van der Waals surface area contributed by atoms with Crippen LogP contribution in [0.15, 0.2) is 0 Å². The third kappa shape index (κ3) is 5.16. The van der Waals surface area contributed by atoms with Crippen LogP contribution in [-0.4, -0.2) is 49.0 Å². The van der Waals surface area contributed by atoms with E-state index in [4.69, 9.17) is 18.9 Å². The fourth-order valence-electron chi connectivity index (χ4n) is 1.87. The summed E-state index contributed by atoms with van der Waals surface area (Å²) in [6.07, 6.45) is -2.76. The largest absolute Gasteiger partial charge is 0.455 e. The molecule has 1 unspecified atom stereocenters. The third-order valence-corrected chi connectivity index (χ3v) is 4.00. The van der Waals surface area contributed by atoms with Gasteiger partial charge in [0.2, 0.25) is 0 Å². The van der Waals surface area contributed by atoms with Crippen LogP contribution in [-0.2, 0) is 28.5 Å². The van der Waals surface area contributed by atoms with E-state index < -0.39 is 41.4 Å². The Kier molecular flexibility index (Phi) is 6.64. The molecule has 1 fully saturated rings. The summed E-state index contributed by atoms with van der Waals surface area (Å²) in [7, 11) is 1.46. The molecule has 23 heavy (non-hydrogen) atoms. The molecule has 0 bridgehead atoms. The van der Waals surface area contributed by atoms with Gasteiger partial charge in [0.25, 0.3) is 0 Å². The number of carbonyl (C=O) groups excluding carboxylic acids is 2. The minimum atomic E-state index is -0.805. The zero-order valence-electron chi connectivity index (χ0n) is 14.8. The molecule has 1 heterocycles. The fourth-order valence-corrected chi connectivity index (χ4v) is 2.39. The van der Waals surface area contributed by atoms with Gasteiger partial charge in [0.15, 0.2) is 18.5 Å². The van der Waals surface area contributed by atoms with Crippen LogP contribution in [0.4, 0.5) is 0 Å². The second-order valence-corrected chi connectivity index (χ2v) is 8.32. The van der Waals surface area contributed by atoms with Gasteiger partial charge in [0.05, 0.1) is 10.8 Å². The summed E-state index contributed by atoms with van der Waals surface area (Å²) in [6, 6.07) is 0. The van der Waals surface area contributed by atoms with Crippen molar-refractivity contribution in [2.45, 2.75) is 66.1 Å². The van der Waals surface area contributed by atoms with Crippen molar-refractivity contribution in [3.05, 3.63) is 0 Å². The molecule has 1 rings (SSSR count). The Morgan fingerprint density at radius 3 is 1.74 bits per heavy atom. The van der Waals surface area contributed by atoms with Crippen LogP contribution in [0.3, 0.4) is 0 Å². The molecule has 0 amide bonds. The first-order valence-electron chi connectivity index (χ1n) is 7.58. The smallest absolute Gasteiger partial charge is 0.311 e. The lowest BCUT2D eigenvalue weighted by molar-refractivity contribution is -0.190. The molecule has 1 aliphatic heterocycles. The van der Waals surface area contributed by atoms with Crippen LogP contribution in [0.2, 0.25) is 0 Å². The number of esters is 2. The molecule has 1 aliphatic rings. The average Bonchev–Trinajstić information content (AvgIpc) is 2.74. The van der Waals surface area contributed by atoms with Crippen LogP contribution in [0.25, 0.3) is 0 Å². The van der Waals surface area contributed by atoms with E-state index >= 15 is 0 Å². The third-order valence-electron chi connectivity index (χ3n) is 3.36. The van der Waals surface area contributed by atoms with Gasteiger partial charge in [-0.25, -0.2) is 0 Å². The molecule has 0 aromatic rings. The van der Waals surface area contributed by atoms with Gasteiger partial charge in [-0.3, -0.25) is 9.59 Å². The van der Waals surface area contributed by atoms with Crippen LogP contribution in [0, 0.1) is 10.8 Å². The summed E-state index contributed by atoms with van der Waals surface area (Å²) in [5, 5.41) is 0.429. The maximum Gasteiger partial charge on any atom is 0.311 e. The number of halogens is 1. The number of rotatable bonds is 4. The second-order valence-electron chi connectivity index (χ2n) is 7.67. The lowest BCUT2D eigenvalue weighted by Gasteiger charge is -2.28. The lowest BCUT2D eigenvalue weighted by Crippen LogP contribution is -2.44. The van der Waals surface area contributed by atoms with Gasteiger partial charge in [-0.05, 0) is 41.5 Å². The van der Waals surface area contributed by atoms with Crippen molar-refractivity contribution in [2.75, 3.05) is 12.4 Å². The number of hydrogen-bond acceptors (Lipinski definition) is 6. The van der Waals surface area contributed by atoms with E-state index in [0.717, 1.165) is 0 Å². The van der Waals surface area contributed by atoms with Crippen LogP contribution >= 0.6 is 15.9 Å². The Morgan fingerprint density at radius 2 is 1.39 bits per heavy atom. The molecule has 0 aromatic heterocycles. The van der Waals surface area contributed by atoms with Gasteiger partial charge in [-0.1, -0.05) is 15.9 Å². The van der Waals surface area contributed by atoms with E-state index in [-0.39, 0.29) is 5.97 Å². The first kappa shape index (κ1) is 20.4. The Hall–Kier alpha value is -0.660. The molecule has 7 heteroatoms. The van der Waals surface area contributed by atoms with Crippen molar-refractivity contribution in [1.29, 1.82) is 0 Å². The van der Waals surface area contributed by atoms with E-state index in [1.54, 1.807) is 41.5 Å². The predicted molar refractivity (Wildman–Crippen MR) is 88.1 cm³/mol. The normalized spacial score (nSPS) is 28.5. The van der Waals surface area contributed by atoms with Crippen molar-refractivity contribution in [2.24, 2.45) is 10.8 Å². The lowest BCUT2D eigenvalue weighted by atomic mass is 9.96. The molecule has 0 aliphatic carbocycles. The predicted octanol–water partition coefficient (Wildman–Crippen LogP) is 2.67. The molecule has 0 N–H and O–H groups in total. The molecule has 0 radical (unpaired) electrons. The van der Waals surface area contributed by atoms with Gasteiger partial charge in [-0.2, -0.15) is 0 Å². The SMILES string of the molecule is COC1O[C@H](CBr)[C@@H](OC(=O)C(C)(C)C)[C@H]1OC(=O)C(C)(C)C. The maximum absolute atomic E-state index is 12.2. The number of hydrogen-bond donors (Lipinski definition) is 0. The molecular weight excluding hydrogens is 368 g/mol. The Bertz CT molecular complexity index is 397. The standard InChI is InChI=1S/C16H27BrO6/c1-15(2,3)13(18)22-10-9(8-17)21-12(20-7)11(10)23-14(19)16(4,5)6/h9-12H,8H2,1-7H3/t9-,10-,11-,12?/m1/s1. The first-order chi connectivity index (χ1) is 10.4.